The van der Waals surface area contributed by atoms with Crippen LogP contribution in [0.4, 0.5) is 0 Å². The van der Waals surface area contributed by atoms with Crippen molar-refractivity contribution < 1.29 is 24.2 Å². The summed E-state index contributed by atoms with van der Waals surface area (Å²) in [4.78, 5) is 25.0. The predicted molar refractivity (Wildman–Crippen MR) is 90.6 cm³/mol. The molecule has 2 N–H and O–H groups in total. The van der Waals surface area contributed by atoms with Gasteiger partial charge in [-0.1, -0.05) is 12.1 Å². The van der Waals surface area contributed by atoms with Gasteiger partial charge in [0.25, 0.3) is 0 Å². The van der Waals surface area contributed by atoms with Crippen molar-refractivity contribution in [3.8, 4) is 5.75 Å². The second-order valence-electron chi connectivity index (χ2n) is 4.99. The number of aliphatic hydroxyl groups excluding tert-OH is 1. The van der Waals surface area contributed by atoms with Crippen LogP contribution < -0.4 is 10.1 Å². The number of carbonyl (C=O) groups is 2. The van der Waals surface area contributed by atoms with E-state index in [0.29, 0.717) is 18.9 Å². The largest absolute Gasteiger partial charge is 0.497 e. The lowest BCUT2D eigenvalue weighted by Crippen LogP contribution is -2.38. The molecule has 0 aliphatic heterocycles. The van der Waals surface area contributed by atoms with Crippen molar-refractivity contribution in [2.45, 2.75) is 0 Å². The lowest BCUT2D eigenvalue weighted by atomic mass is 10.2. The number of methoxy groups -OCH3 is 1. The number of amides is 2. The van der Waals surface area contributed by atoms with Gasteiger partial charge in [0.2, 0.25) is 11.8 Å². The highest BCUT2D eigenvalue weighted by atomic mass is 16.5. The zero-order valence-corrected chi connectivity index (χ0v) is 14.0. The lowest BCUT2D eigenvalue weighted by molar-refractivity contribution is -0.131. The number of carbonyl (C=O) groups excluding carboxylic acids is 2. The Morgan fingerprint density at radius 1 is 1.33 bits per heavy atom. The minimum absolute atomic E-state index is 0.0404. The van der Waals surface area contributed by atoms with Gasteiger partial charge in [-0.25, -0.2) is 0 Å². The number of likely N-dealkylation sites (N-methyl/N-ethyl adjacent to an activating group) is 1. The third kappa shape index (κ3) is 7.75. The molecule has 0 radical (unpaired) electrons. The fourth-order valence-electron chi connectivity index (χ4n) is 1.82. The third-order valence-electron chi connectivity index (χ3n) is 3.07. The highest BCUT2D eigenvalue weighted by Gasteiger charge is 2.10. The van der Waals surface area contributed by atoms with E-state index in [1.165, 1.54) is 11.0 Å². The molecular formula is C17H24N2O5. The summed E-state index contributed by atoms with van der Waals surface area (Å²) in [6.07, 6.45) is 3.08. The van der Waals surface area contributed by atoms with Crippen LogP contribution >= 0.6 is 0 Å². The number of aliphatic hydroxyl groups is 1. The standard InChI is InChI=1S/C17H24N2O5/c1-19(13-16(21)18-8-10-24-11-9-20)17(22)7-6-14-4-3-5-15(12-14)23-2/h3-7,12,20H,8-11,13H2,1-2H3,(H,18,21)/b7-6+. The Morgan fingerprint density at radius 2 is 2.12 bits per heavy atom. The number of nitrogens with zero attached hydrogens (tertiary/aromatic N) is 1. The zero-order valence-electron chi connectivity index (χ0n) is 14.0. The monoisotopic (exact) mass is 336 g/mol. The van der Waals surface area contributed by atoms with E-state index in [2.05, 4.69) is 5.32 Å². The molecule has 132 valence electrons. The molecule has 0 heterocycles. The topological polar surface area (TPSA) is 88.1 Å². The van der Waals surface area contributed by atoms with Crippen LogP contribution in [0.25, 0.3) is 6.08 Å². The summed E-state index contributed by atoms with van der Waals surface area (Å²) < 4.78 is 10.1. The molecule has 1 rings (SSSR count). The molecule has 2 amide bonds. The Balaban J connectivity index is 2.38. The third-order valence-corrected chi connectivity index (χ3v) is 3.07. The molecule has 7 nitrogen and oxygen atoms in total. The van der Waals surface area contributed by atoms with Crippen LogP contribution in [0.2, 0.25) is 0 Å². The van der Waals surface area contributed by atoms with E-state index in [9.17, 15) is 9.59 Å². The summed E-state index contributed by atoms with van der Waals surface area (Å²) in [5.74, 6) is 0.165. The van der Waals surface area contributed by atoms with Gasteiger partial charge in [0, 0.05) is 19.7 Å². The van der Waals surface area contributed by atoms with Gasteiger partial charge in [0.1, 0.15) is 5.75 Å². The molecule has 0 bridgehead atoms. The van der Waals surface area contributed by atoms with Crippen LogP contribution in [-0.4, -0.2) is 68.9 Å². The molecule has 0 aromatic heterocycles. The Kier molecular flexibility index (Phi) is 9.18. The molecular weight excluding hydrogens is 312 g/mol. The average molecular weight is 336 g/mol. The van der Waals surface area contributed by atoms with Crippen molar-refractivity contribution in [2.75, 3.05) is 47.1 Å². The van der Waals surface area contributed by atoms with E-state index in [0.717, 1.165) is 5.56 Å². The Labute approximate surface area is 141 Å². The van der Waals surface area contributed by atoms with Crippen LogP contribution in [0, 0.1) is 0 Å². The summed E-state index contributed by atoms with van der Waals surface area (Å²) in [7, 11) is 3.13. The molecule has 7 heteroatoms. The summed E-state index contributed by atoms with van der Waals surface area (Å²) in [5.41, 5.74) is 0.835. The molecule has 0 fully saturated rings. The molecule has 0 atom stereocenters. The minimum atomic E-state index is -0.274. The van der Waals surface area contributed by atoms with E-state index in [4.69, 9.17) is 14.6 Å². The van der Waals surface area contributed by atoms with Crippen molar-refractivity contribution in [3.63, 3.8) is 0 Å². The molecule has 24 heavy (non-hydrogen) atoms. The lowest BCUT2D eigenvalue weighted by Gasteiger charge is -2.14. The van der Waals surface area contributed by atoms with E-state index in [1.54, 1.807) is 20.2 Å². The van der Waals surface area contributed by atoms with Crippen molar-refractivity contribution in [3.05, 3.63) is 35.9 Å². The van der Waals surface area contributed by atoms with Crippen LogP contribution in [0.1, 0.15) is 5.56 Å². The van der Waals surface area contributed by atoms with Crippen molar-refractivity contribution >= 4 is 17.9 Å². The van der Waals surface area contributed by atoms with Crippen LogP contribution in [-0.2, 0) is 14.3 Å². The summed E-state index contributed by atoms with van der Waals surface area (Å²) >= 11 is 0. The number of ether oxygens (including phenoxy) is 2. The predicted octanol–water partition coefficient (Wildman–Crippen LogP) is 0.292. The number of nitrogens with one attached hydrogen (secondary N) is 1. The highest BCUT2D eigenvalue weighted by Crippen LogP contribution is 2.13. The number of rotatable bonds is 10. The number of hydrogen-bond acceptors (Lipinski definition) is 5. The fourth-order valence-corrected chi connectivity index (χ4v) is 1.82. The molecule has 0 aliphatic rings. The van der Waals surface area contributed by atoms with Gasteiger partial charge in [-0.3, -0.25) is 9.59 Å². The van der Waals surface area contributed by atoms with E-state index in [1.807, 2.05) is 24.3 Å². The van der Waals surface area contributed by atoms with Gasteiger partial charge in [-0.2, -0.15) is 0 Å². The Morgan fingerprint density at radius 3 is 2.83 bits per heavy atom. The van der Waals surface area contributed by atoms with Gasteiger partial charge in [0.15, 0.2) is 0 Å². The zero-order chi connectivity index (χ0) is 17.8. The van der Waals surface area contributed by atoms with Gasteiger partial charge in [0.05, 0.1) is 33.5 Å². The average Bonchev–Trinajstić information content (AvgIpc) is 2.59. The molecule has 0 spiro atoms. The first-order valence-electron chi connectivity index (χ1n) is 7.59. The first kappa shape index (κ1) is 19.7. The highest BCUT2D eigenvalue weighted by molar-refractivity contribution is 5.94. The molecule has 1 aromatic rings. The van der Waals surface area contributed by atoms with Crippen LogP contribution in [0.3, 0.4) is 0 Å². The quantitative estimate of drug-likeness (QED) is 0.474. The van der Waals surface area contributed by atoms with E-state index < -0.39 is 0 Å². The van der Waals surface area contributed by atoms with Gasteiger partial charge >= 0.3 is 0 Å². The molecule has 0 aliphatic carbocycles. The molecule has 0 saturated heterocycles. The van der Waals surface area contributed by atoms with Crippen molar-refractivity contribution in [1.29, 1.82) is 0 Å². The fraction of sp³-hybridized carbons (Fsp3) is 0.412. The molecule has 0 saturated carbocycles. The Bertz CT molecular complexity index is 560. The normalized spacial score (nSPS) is 10.6. The second-order valence-corrected chi connectivity index (χ2v) is 4.99. The van der Waals surface area contributed by atoms with E-state index in [-0.39, 0.29) is 31.6 Å². The van der Waals surface area contributed by atoms with E-state index >= 15 is 0 Å². The maximum absolute atomic E-state index is 12.0. The smallest absolute Gasteiger partial charge is 0.246 e. The molecule has 1 aromatic carbocycles. The van der Waals surface area contributed by atoms with Crippen molar-refractivity contribution in [1.82, 2.24) is 10.2 Å². The second kappa shape index (κ2) is 11.2. The maximum Gasteiger partial charge on any atom is 0.246 e. The summed E-state index contributed by atoms with van der Waals surface area (Å²) in [6, 6.07) is 7.31. The van der Waals surface area contributed by atoms with Crippen molar-refractivity contribution in [2.24, 2.45) is 0 Å². The Hall–Kier alpha value is -2.38. The first-order valence-corrected chi connectivity index (χ1v) is 7.59. The summed E-state index contributed by atoms with van der Waals surface area (Å²) in [5, 5.41) is 11.2. The maximum atomic E-state index is 12.0. The summed E-state index contributed by atoms with van der Waals surface area (Å²) in [6.45, 7) is 0.801. The minimum Gasteiger partial charge on any atom is -0.497 e. The first-order chi connectivity index (χ1) is 11.6. The van der Waals surface area contributed by atoms with Gasteiger partial charge in [-0.15, -0.1) is 0 Å². The van der Waals surface area contributed by atoms with Gasteiger partial charge in [-0.05, 0) is 23.8 Å². The van der Waals surface area contributed by atoms with Crippen LogP contribution in [0.15, 0.2) is 30.3 Å². The van der Waals surface area contributed by atoms with Gasteiger partial charge < -0.3 is 24.8 Å². The van der Waals surface area contributed by atoms with Crippen LogP contribution in [0.5, 0.6) is 5.75 Å². The number of hydrogen-bond donors (Lipinski definition) is 2. The number of benzene rings is 1. The molecule has 0 unspecified atom stereocenters. The SMILES string of the molecule is COc1cccc(/C=C/C(=O)N(C)CC(=O)NCCOCCO)c1.